The van der Waals surface area contributed by atoms with Crippen LogP contribution in [0.1, 0.15) is 0 Å². The Morgan fingerprint density at radius 2 is 2.12 bits per heavy atom. The average molecular weight is 398 g/mol. The van der Waals surface area contributed by atoms with Gasteiger partial charge in [-0.25, -0.2) is 9.97 Å². The van der Waals surface area contributed by atoms with E-state index in [9.17, 15) is 8.78 Å². The van der Waals surface area contributed by atoms with E-state index in [1.54, 1.807) is 12.3 Å². The Balaban J connectivity index is 1.83. The van der Waals surface area contributed by atoms with Crippen LogP contribution in [0.3, 0.4) is 0 Å². The molecular formula is C16H16F2N4O2S2. The molecule has 10 heteroatoms. The van der Waals surface area contributed by atoms with Gasteiger partial charge in [-0.1, -0.05) is 11.3 Å². The van der Waals surface area contributed by atoms with Gasteiger partial charge in [-0.2, -0.15) is 8.78 Å². The van der Waals surface area contributed by atoms with E-state index < -0.39 is 12.7 Å². The Hall–Kier alpha value is -1.88. The molecule has 6 nitrogen and oxygen atoms in total. The van der Waals surface area contributed by atoms with Crippen molar-refractivity contribution in [2.75, 3.05) is 37.7 Å². The number of thiazole rings is 2. The van der Waals surface area contributed by atoms with Crippen molar-refractivity contribution >= 4 is 38.0 Å². The third-order valence-electron chi connectivity index (χ3n) is 3.99. The lowest BCUT2D eigenvalue weighted by Crippen LogP contribution is -2.43. The highest BCUT2D eigenvalue weighted by molar-refractivity contribution is 7.22. The molecule has 2 aromatic heterocycles. The molecule has 1 aromatic carbocycles. The number of nitrogens with zero attached hydrogens (tertiary/aromatic N) is 3. The smallest absolute Gasteiger partial charge is 0.421 e. The van der Waals surface area contributed by atoms with Crippen LogP contribution in [0.2, 0.25) is 0 Å². The maximum atomic E-state index is 13.6. The van der Waals surface area contributed by atoms with Crippen LogP contribution in [0.25, 0.3) is 20.8 Å². The van der Waals surface area contributed by atoms with Gasteiger partial charge in [-0.3, -0.25) is 0 Å². The van der Waals surface area contributed by atoms with Gasteiger partial charge in [0, 0.05) is 43.3 Å². The van der Waals surface area contributed by atoms with Gasteiger partial charge in [0.1, 0.15) is 17.4 Å². The van der Waals surface area contributed by atoms with Gasteiger partial charge in [0.25, 0.3) is 0 Å². The summed E-state index contributed by atoms with van der Waals surface area (Å²) in [6, 6.07) is 3.17. The number of piperazine rings is 1. The normalized spacial score (nSPS) is 15.6. The summed E-state index contributed by atoms with van der Waals surface area (Å²) in [6.07, 6.45) is -1.95. The SMILES string of the molecule is OCC(F)(F)Oc1ccc(-c2nccs2)c2nc(N3CCNCC3)sc12. The summed E-state index contributed by atoms with van der Waals surface area (Å²) in [4.78, 5) is 11.1. The zero-order valence-electron chi connectivity index (χ0n) is 13.6. The first-order chi connectivity index (χ1) is 12.6. The fourth-order valence-corrected chi connectivity index (χ4v) is 4.52. The lowest BCUT2D eigenvalue weighted by Gasteiger charge is -2.26. The molecule has 26 heavy (non-hydrogen) atoms. The highest BCUT2D eigenvalue weighted by Gasteiger charge is 2.32. The van der Waals surface area contributed by atoms with Gasteiger partial charge in [0.05, 0.1) is 10.2 Å². The van der Waals surface area contributed by atoms with Crippen LogP contribution in [0.4, 0.5) is 13.9 Å². The van der Waals surface area contributed by atoms with Crippen LogP contribution >= 0.6 is 22.7 Å². The molecule has 0 aliphatic carbocycles. The third-order valence-corrected chi connectivity index (χ3v) is 5.93. The number of aliphatic hydroxyl groups is 1. The second-order valence-electron chi connectivity index (χ2n) is 5.76. The molecule has 2 N–H and O–H groups in total. The van der Waals surface area contributed by atoms with Crippen molar-refractivity contribution in [2.45, 2.75) is 6.11 Å². The van der Waals surface area contributed by atoms with E-state index in [1.165, 1.54) is 28.7 Å². The Morgan fingerprint density at radius 3 is 2.81 bits per heavy atom. The van der Waals surface area contributed by atoms with Crippen molar-refractivity contribution < 1.29 is 18.6 Å². The number of aliphatic hydroxyl groups excluding tert-OH is 1. The number of aromatic nitrogens is 2. The largest absolute Gasteiger partial charge is 0.429 e. The molecule has 3 heterocycles. The molecule has 1 aliphatic heterocycles. The number of halogens is 2. The number of nitrogens with one attached hydrogen (secondary N) is 1. The average Bonchev–Trinajstić information content (AvgIpc) is 3.33. The lowest BCUT2D eigenvalue weighted by molar-refractivity contribution is -0.200. The first-order valence-electron chi connectivity index (χ1n) is 8.04. The number of benzene rings is 1. The van der Waals surface area contributed by atoms with E-state index in [1.807, 2.05) is 5.38 Å². The molecule has 0 atom stereocenters. The Kier molecular flexibility index (Phi) is 4.74. The molecule has 0 unspecified atom stereocenters. The minimum Gasteiger partial charge on any atom is -0.429 e. The van der Waals surface area contributed by atoms with Crippen LogP contribution in [0.15, 0.2) is 23.7 Å². The highest BCUT2D eigenvalue weighted by atomic mass is 32.1. The third kappa shape index (κ3) is 3.37. The fourth-order valence-electron chi connectivity index (χ4n) is 2.77. The molecule has 0 radical (unpaired) electrons. The Labute approximate surface area is 156 Å². The molecule has 0 spiro atoms. The molecule has 1 aliphatic rings. The molecule has 1 fully saturated rings. The van der Waals surface area contributed by atoms with E-state index in [-0.39, 0.29) is 5.75 Å². The number of anilines is 1. The number of ether oxygens (including phenoxy) is 1. The summed E-state index contributed by atoms with van der Waals surface area (Å²) in [5, 5.41) is 15.5. The number of hydrogen-bond acceptors (Lipinski definition) is 8. The first kappa shape index (κ1) is 17.5. The van der Waals surface area contributed by atoms with Gasteiger partial charge in [-0.15, -0.1) is 11.3 Å². The maximum absolute atomic E-state index is 13.6. The monoisotopic (exact) mass is 398 g/mol. The molecule has 0 amide bonds. The van der Waals surface area contributed by atoms with Crippen LogP contribution in [-0.4, -0.2) is 54.0 Å². The summed E-state index contributed by atoms with van der Waals surface area (Å²) in [5.41, 5.74) is 1.37. The first-order valence-corrected chi connectivity index (χ1v) is 9.74. The topological polar surface area (TPSA) is 70.5 Å². The van der Waals surface area contributed by atoms with Crippen LogP contribution < -0.4 is 15.0 Å². The summed E-state index contributed by atoms with van der Waals surface area (Å²) >= 11 is 2.78. The van der Waals surface area contributed by atoms with Gasteiger partial charge >= 0.3 is 6.11 Å². The summed E-state index contributed by atoms with van der Waals surface area (Å²) in [7, 11) is 0. The van der Waals surface area contributed by atoms with E-state index >= 15 is 0 Å². The number of hydrogen-bond donors (Lipinski definition) is 2. The zero-order chi connectivity index (χ0) is 18.1. The van der Waals surface area contributed by atoms with Crippen molar-refractivity contribution in [3.8, 4) is 16.3 Å². The van der Waals surface area contributed by atoms with Crippen molar-refractivity contribution in [3.63, 3.8) is 0 Å². The molecule has 3 aromatic rings. The standard InChI is InChI=1S/C16H16F2N4O2S2/c17-16(18,9-23)24-11-2-1-10(14-20-5-8-25-14)12-13(11)26-15(21-12)22-6-3-19-4-7-22/h1-2,5,8,19,23H,3-4,6-7,9H2. The quantitative estimate of drug-likeness (QED) is 0.689. The second kappa shape index (κ2) is 7.03. The molecule has 0 bridgehead atoms. The van der Waals surface area contributed by atoms with Crippen LogP contribution in [0.5, 0.6) is 5.75 Å². The van der Waals surface area contributed by atoms with E-state index in [0.29, 0.717) is 10.2 Å². The van der Waals surface area contributed by atoms with Gasteiger partial charge < -0.3 is 20.1 Å². The summed E-state index contributed by atoms with van der Waals surface area (Å²) in [6.45, 7) is 1.92. The van der Waals surface area contributed by atoms with Gasteiger partial charge in [-0.05, 0) is 12.1 Å². The molecule has 4 rings (SSSR count). The Bertz CT molecular complexity index is 895. The van der Waals surface area contributed by atoms with E-state index in [2.05, 4.69) is 15.2 Å². The molecule has 138 valence electrons. The minimum absolute atomic E-state index is 0.0123. The van der Waals surface area contributed by atoms with Crippen molar-refractivity contribution in [3.05, 3.63) is 23.7 Å². The summed E-state index contributed by atoms with van der Waals surface area (Å²) in [5.74, 6) is 0.0123. The number of alkyl halides is 2. The Morgan fingerprint density at radius 1 is 1.31 bits per heavy atom. The second-order valence-corrected chi connectivity index (χ2v) is 7.63. The summed E-state index contributed by atoms with van der Waals surface area (Å²) < 4.78 is 32.5. The van der Waals surface area contributed by atoms with Crippen molar-refractivity contribution in [1.29, 1.82) is 0 Å². The van der Waals surface area contributed by atoms with E-state index in [0.717, 1.165) is 41.9 Å². The lowest BCUT2D eigenvalue weighted by atomic mass is 10.2. The number of fused-ring (bicyclic) bond motifs is 1. The highest BCUT2D eigenvalue weighted by Crippen LogP contribution is 2.42. The fraction of sp³-hybridized carbons (Fsp3) is 0.375. The predicted molar refractivity (Wildman–Crippen MR) is 98.5 cm³/mol. The van der Waals surface area contributed by atoms with Gasteiger partial charge in [0.2, 0.25) is 0 Å². The number of rotatable bonds is 5. The molecule has 0 saturated carbocycles. The predicted octanol–water partition coefficient (Wildman–Crippen LogP) is 2.79. The van der Waals surface area contributed by atoms with Crippen LogP contribution in [0, 0.1) is 0 Å². The van der Waals surface area contributed by atoms with Gasteiger partial charge in [0.15, 0.2) is 5.13 Å². The minimum atomic E-state index is -3.64. The molecule has 1 saturated heterocycles. The zero-order valence-corrected chi connectivity index (χ0v) is 15.2. The van der Waals surface area contributed by atoms with Crippen molar-refractivity contribution in [1.82, 2.24) is 15.3 Å². The van der Waals surface area contributed by atoms with Crippen LogP contribution in [-0.2, 0) is 0 Å². The van der Waals surface area contributed by atoms with E-state index in [4.69, 9.17) is 14.8 Å². The molecular weight excluding hydrogens is 382 g/mol. The van der Waals surface area contributed by atoms with Crippen molar-refractivity contribution in [2.24, 2.45) is 0 Å². The maximum Gasteiger partial charge on any atom is 0.421 e.